The summed E-state index contributed by atoms with van der Waals surface area (Å²) in [5.74, 6) is 1.01. The minimum absolute atomic E-state index is 0.124. The van der Waals surface area contributed by atoms with E-state index in [-0.39, 0.29) is 24.2 Å². The molecule has 2 saturated heterocycles. The summed E-state index contributed by atoms with van der Waals surface area (Å²) in [6.45, 7) is 3.56. The van der Waals surface area contributed by atoms with Gasteiger partial charge >= 0.3 is 0 Å². The van der Waals surface area contributed by atoms with Crippen molar-refractivity contribution in [1.82, 2.24) is 9.80 Å². The molecule has 3 aliphatic heterocycles. The number of hydrogen-bond acceptors (Lipinski definition) is 7. The van der Waals surface area contributed by atoms with Gasteiger partial charge in [0.2, 0.25) is 12.7 Å². The SMILES string of the molecule is CCOc1cc2c(cc1/C=C1\SC(=O)N(CC(=O)N3CCCCC3)C1=O)OCO2. The van der Waals surface area contributed by atoms with Crippen LogP contribution in [0.25, 0.3) is 6.08 Å². The second-order valence-electron chi connectivity index (χ2n) is 6.89. The van der Waals surface area contributed by atoms with Crippen LogP contribution in [0.2, 0.25) is 0 Å². The number of rotatable bonds is 5. The molecule has 3 heterocycles. The molecule has 0 aliphatic carbocycles. The van der Waals surface area contributed by atoms with E-state index in [9.17, 15) is 14.4 Å². The Kier molecular flexibility index (Phi) is 5.66. The van der Waals surface area contributed by atoms with E-state index in [1.165, 1.54) is 0 Å². The van der Waals surface area contributed by atoms with Gasteiger partial charge < -0.3 is 19.1 Å². The molecule has 154 valence electrons. The molecule has 4 rings (SSSR count). The van der Waals surface area contributed by atoms with E-state index < -0.39 is 11.1 Å². The van der Waals surface area contributed by atoms with Crippen LogP contribution >= 0.6 is 11.8 Å². The standard InChI is InChI=1S/C20H22N2O6S/c1-2-26-14-10-16-15(27-12-28-16)8-13(14)9-17-19(24)22(20(25)29-17)11-18(23)21-6-4-3-5-7-21/h8-10H,2-7,11-12H2,1H3/b17-9-. The molecule has 3 aliphatic rings. The lowest BCUT2D eigenvalue weighted by molar-refractivity contribution is -0.136. The molecule has 0 spiro atoms. The van der Waals surface area contributed by atoms with Gasteiger partial charge in [-0.3, -0.25) is 19.3 Å². The number of fused-ring (bicyclic) bond motifs is 1. The first-order valence-electron chi connectivity index (χ1n) is 9.66. The van der Waals surface area contributed by atoms with E-state index in [4.69, 9.17) is 14.2 Å². The van der Waals surface area contributed by atoms with E-state index in [1.807, 2.05) is 6.92 Å². The third-order valence-electron chi connectivity index (χ3n) is 4.97. The fraction of sp³-hybridized carbons (Fsp3) is 0.450. The molecule has 1 aromatic rings. The van der Waals surface area contributed by atoms with Crippen LogP contribution < -0.4 is 14.2 Å². The Labute approximate surface area is 172 Å². The Balaban J connectivity index is 1.54. The number of amides is 3. The zero-order valence-corrected chi connectivity index (χ0v) is 17.0. The monoisotopic (exact) mass is 418 g/mol. The summed E-state index contributed by atoms with van der Waals surface area (Å²) in [5.41, 5.74) is 0.615. The molecule has 0 aromatic heterocycles. The number of carbonyl (C=O) groups is 3. The maximum atomic E-state index is 12.8. The summed E-state index contributed by atoms with van der Waals surface area (Å²) in [4.78, 5) is 40.6. The van der Waals surface area contributed by atoms with Crippen molar-refractivity contribution in [3.05, 3.63) is 22.6 Å². The lowest BCUT2D eigenvalue weighted by Crippen LogP contribution is -2.44. The normalized spacial score (nSPS) is 20.0. The predicted molar refractivity (Wildman–Crippen MR) is 107 cm³/mol. The van der Waals surface area contributed by atoms with Crippen molar-refractivity contribution < 1.29 is 28.6 Å². The first-order valence-corrected chi connectivity index (χ1v) is 10.5. The third-order valence-corrected chi connectivity index (χ3v) is 5.87. The number of piperidine rings is 1. The molecule has 9 heteroatoms. The fourth-order valence-corrected chi connectivity index (χ4v) is 4.32. The smallest absolute Gasteiger partial charge is 0.294 e. The largest absolute Gasteiger partial charge is 0.493 e. The lowest BCUT2D eigenvalue weighted by Gasteiger charge is -2.27. The number of likely N-dealkylation sites (tertiary alicyclic amines) is 1. The molecule has 0 radical (unpaired) electrons. The minimum atomic E-state index is -0.467. The molecule has 0 bridgehead atoms. The Morgan fingerprint density at radius 1 is 1.17 bits per heavy atom. The molecular weight excluding hydrogens is 396 g/mol. The molecule has 1 aromatic carbocycles. The van der Waals surface area contributed by atoms with Crippen LogP contribution in [-0.2, 0) is 9.59 Å². The summed E-state index contributed by atoms with van der Waals surface area (Å²) in [6.07, 6.45) is 4.62. The van der Waals surface area contributed by atoms with Crippen molar-refractivity contribution in [3.8, 4) is 17.2 Å². The molecule has 8 nitrogen and oxygen atoms in total. The van der Waals surface area contributed by atoms with Gasteiger partial charge in [-0.1, -0.05) is 0 Å². The third kappa shape index (κ3) is 4.05. The Morgan fingerprint density at radius 2 is 1.90 bits per heavy atom. The van der Waals surface area contributed by atoms with Crippen LogP contribution in [-0.4, -0.2) is 59.9 Å². The van der Waals surface area contributed by atoms with Crippen molar-refractivity contribution in [2.75, 3.05) is 33.0 Å². The number of benzene rings is 1. The summed E-state index contributed by atoms with van der Waals surface area (Å²) in [6, 6.07) is 3.43. The van der Waals surface area contributed by atoms with E-state index in [2.05, 4.69) is 0 Å². The van der Waals surface area contributed by atoms with Gasteiger partial charge in [-0.2, -0.15) is 0 Å². The van der Waals surface area contributed by atoms with E-state index in [0.29, 0.717) is 42.5 Å². The van der Waals surface area contributed by atoms with Crippen LogP contribution in [0, 0.1) is 0 Å². The molecule has 29 heavy (non-hydrogen) atoms. The van der Waals surface area contributed by atoms with Gasteiger partial charge in [-0.25, -0.2) is 0 Å². The molecule has 0 atom stereocenters. The Hall–Kier alpha value is -2.68. The van der Waals surface area contributed by atoms with Gasteiger partial charge in [0.05, 0.1) is 11.5 Å². The van der Waals surface area contributed by atoms with Crippen molar-refractivity contribution in [3.63, 3.8) is 0 Å². The maximum Gasteiger partial charge on any atom is 0.294 e. The zero-order valence-electron chi connectivity index (χ0n) is 16.1. The maximum absolute atomic E-state index is 12.8. The topological polar surface area (TPSA) is 85.4 Å². The molecule has 2 fully saturated rings. The zero-order chi connectivity index (χ0) is 20.4. The lowest BCUT2D eigenvalue weighted by atomic mass is 10.1. The molecule has 0 N–H and O–H groups in total. The van der Waals surface area contributed by atoms with Gasteiger partial charge in [-0.15, -0.1) is 0 Å². The summed E-state index contributed by atoms with van der Waals surface area (Å²) >= 11 is 0.826. The second kappa shape index (κ2) is 8.36. The van der Waals surface area contributed by atoms with E-state index in [0.717, 1.165) is 35.9 Å². The van der Waals surface area contributed by atoms with Gasteiger partial charge in [-0.05, 0) is 50.1 Å². The van der Waals surface area contributed by atoms with Gasteiger partial charge in [0.1, 0.15) is 12.3 Å². The van der Waals surface area contributed by atoms with Gasteiger partial charge in [0.25, 0.3) is 11.1 Å². The first kappa shape index (κ1) is 19.6. The van der Waals surface area contributed by atoms with E-state index in [1.54, 1.807) is 23.1 Å². The van der Waals surface area contributed by atoms with Crippen molar-refractivity contribution in [1.29, 1.82) is 0 Å². The highest BCUT2D eigenvalue weighted by Gasteiger charge is 2.37. The van der Waals surface area contributed by atoms with Crippen molar-refractivity contribution in [2.45, 2.75) is 26.2 Å². The average Bonchev–Trinajstić information content (AvgIpc) is 3.28. The van der Waals surface area contributed by atoms with Gasteiger partial charge in [0, 0.05) is 24.7 Å². The molecule has 3 amide bonds. The Morgan fingerprint density at radius 3 is 2.62 bits per heavy atom. The van der Waals surface area contributed by atoms with Crippen LogP contribution in [0.1, 0.15) is 31.7 Å². The number of carbonyl (C=O) groups excluding carboxylic acids is 3. The highest BCUT2D eigenvalue weighted by molar-refractivity contribution is 8.18. The molecular formula is C20H22N2O6S. The molecule has 0 saturated carbocycles. The highest BCUT2D eigenvalue weighted by Crippen LogP contribution is 2.41. The first-order chi connectivity index (χ1) is 14.1. The van der Waals surface area contributed by atoms with Crippen LogP contribution in [0.5, 0.6) is 17.2 Å². The second-order valence-corrected chi connectivity index (χ2v) is 7.88. The minimum Gasteiger partial charge on any atom is -0.493 e. The highest BCUT2D eigenvalue weighted by atomic mass is 32.2. The number of ether oxygens (including phenoxy) is 3. The summed E-state index contributed by atoms with van der Waals surface area (Å²) < 4.78 is 16.4. The van der Waals surface area contributed by atoms with Crippen molar-refractivity contribution in [2.24, 2.45) is 0 Å². The van der Waals surface area contributed by atoms with Crippen molar-refractivity contribution >= 4 is 34.9 Å². The number of imide groups is 1. The molecule has 0 unspecified atom stereocenters. The van der Waals surface area contributed by atoms with Crippen LogP contribution in [0.4, 0.5) is 4.79 Å². The van der Waals surface area contributed by atoms with Gasteiger partial charge in [0.15, 0.2) is 11.5 Å². The quantitative estimate of drug-likeness (QED) is 0.680. The Bertz CT molecular complexity index is 878. The number of hydrogen-bond donors (Lipinski definition) is 0. The van der Waals surface area contributed by atoms with E-state index >= 15 is 0 Å². The van der Waals surface area contributed by atoms with Crippen LogP contribution in [0.3, 0.4) is 0 Å². The predicted octanol–water partition coefficient (Wildman–Crippen LogP) is 2.86. The average molecular weight is 418 g/mol. The summed E-state index contributed by atoms with van der Waals surface area (Å²) in [7, 11) is 0. The fourth-order valence-electron chi connectivity index (χ4n) is 3.49. The van der Waals surface area contributed by atoms with Crippen LogP contribution in [0.15, 0.2) is 17.0 Å². The number of thioether (sulfide) groups is 1. The summed E-state index contributed by atoms with van der Waals surface area (Å²) in [5, 5.41) is -0.440. The number of nitrogens with zero attached hydrogens (tertiary/aromatic N) is 2.